The molecule has 0 saturated carbocycles. The summed E-state index contributed by atoms with van der Waals surface area (Å²) >= 11 is 3.75. The Kier molecular flexibility index (Phi) is 2.14. The second-order valence-corrected chi connectivity index (χ2v) is 5.07. The highest BCUT2D eigenvalue weighted by Gasteiger charge is 2.27. The van der Waals surface area contributed by atoms with Crippen molar-refractivity contribution in [3.63, 3.8) is 0 Å². The highest BCUT2D eigenvalue weighted by atomic mass is 79.9. The number of fused-ring (bicyclic) bond motifs is 1. The molecule has 2 nitrogen and oxygen atoms in total. The van der Waals surface area contributed by atoms with Gasteiger partial charge < -0.3 is 10.3 Å². The van der Waals surface area contributed by atoms with E-state index in [1.54, 1.807) is 0 Å². The summed E-state index contributed by atoms with van der Waals surface area (Å²) in [7, 11) is 0. The van der Waals surface area contributed by atoms with Crippen LogP contribution in [0.25, 0.3) is 10.9 Å². The predicted molar refractivity (Wildman–Crippen MR) is 70.3 cm³/mol. The molecule has 1 unspecified atom stereocenters. The Morgan fingerprint density at radius 3 is 2.88 bits per heavy atom. The monoisotopic (exact) mass is 274 g/mol. The minimum absolute atomic E-state index is 0.302. The van der Waals surface area contributed by atoms with Gasteiger partial charge in [0.2, 0.25) is 0 Å². The van der Waals surface area contributed by atoms with Gasteiger partial charge >= 0.3 is 0 Å². The molecule has 0 fully saturated rings. The van der Waals surface area contributed by atoms with Gasteiger partial charge in [-0.15, -0.1) is 0 Å². The zero-order chi connectivity index (χ0) is 11.0. The first-order valence-electron chi connectivity index (χ1n) is 5.17. The standard InChI is InChI=1S/C13H11BrN2/c14-13(7-1-2-8-16-13)11-4-3-5-12-10(11)6-9-15-12/h1-9,15-16H. The van der Waals surface area contributed by atoms with E-state index in [0.717, 1.165) is 5.52 Å². The predicted octanol–water partition coefficient (Wildman–Crippen LogP) is 3.39. The van der Waals surface area contributed by atoms with E-state index in [0.29, 0.717) is 0 Å². The minimum Gasteiger partial charge on any atom is -0.369 e. The van der Waals surface area contributed by atoms with E-state index >= 15 is 0 Å². The van der Waals surface area contributed by atoms with E-state index in [9.17, 15) is 0 Å². The zero-order valence-corrected chi connectivity index (χ0v) is 10.2. The molecule has 80 valence electrons. The smallest absolute Gasteiger partial charge is 0.138 e. The molecular weight excluding hydrogens is 264 g/mol. The SMILES string of the molecule is BrC1(c2cccc3[nH]ccc23)C=CC=CN1. The van der Waals surface area contributed by atoms with Gasteiger partial charge in [0.05, 0.1) is 0 Å². The van der Waals surface area contributed by atoms with Crippen LogP contribution in [-0.2, 0) is 4.45 Å². The highest BCUT2D eigenvalue weighted by molar-refractivity contribution is 9.09. The zero-order valence-electron chi connectivity index (χ0n) is 8.57. The Balaban J connectivity index is 2.22. The number of hydrogen-bond donors (Lipinski definition) is 2. The highest BCUT2D eigenvalue weighted by Crippen LogP contribution is 2.35. The fraction of sp³-hybridized carbons (Fsp3) is 0.0769. The number of nitrogens with one attached hydrogen (secondary N) is 2. The van der Waals surface area contributed by atoms with E-state index in [4.69, 9.17) is 0 Å². The van der Waals surface area contributed by atoms with Crippen molar-refractivity contribution in [2.24, 2.45) is 0 Å². The number of H-pyrrole nitrogens is 1. The van der Waals surface area contributed by atoms with E-state index in [1.165, 1.54) is 10.9 Å². The normalized spacial score (nSPS) is 23.6. The van der Waals surface area contributed by atoms with Crippen LogP contribution in [0.5, 0.6) is 0 Å². The maximum Gasteiger partial charge on any atom is 0.138 e. The Bertz CT molecular complexity index is 582. The molecule has 2 heterocycles. The summed E-state index contributed by atoms with van der Waals surface area (Å²) in [6.07, 6.45) is 10.0. The van der Waals surface area contributed by atoms with Crippen molar-refractivity contribution < 1.29 is 0 Å². The summed E-state index contributed by atoms with van der Waals surface area (Å²) in [4.78, 5) is 3.23. The van der Waals surface area contributed by atoms with Gasteiger partial charge in [0, 0.05) is 22.7 Å². The van der Waals surface area contributed by atoms with Crippen LogP contribution >= 0.6 is 15.9 Å². The quantitative estimate of drug-likeness (QED) is 0.606. The lowest BCUT2D eigenvalue weighted by Crippen LogP contribution is -2.32. The number of aromatic nitrogens is 1. The van der Waals surface area contributed by atoms with E-state index in [-0.39, 0.29) is 4.45 Å². The van der Waals surface area contributed by atoms with E-state index in [2.05, 4.69) is 56.6 Å². The number of halogens is 1. The van der Waals surface area contributed by atoms with Crippen molar-refractivity contribution >= 4 is 26.8 Å². The molecular formula is C13H11BrN2. The van der Waals surface area contributed by atoms with Gasteiger partial charge in [-0.1, -0.05) is 34.1 Å². The molecule has 0 bridgehead atoms. The van der Waals surface area contributed by atoms with Crippen LogP contribution in [0.1, 0.15) is 5.56 Å². The maximum absolute atomic E-state index is 3.75. The molecule has 0 saturated heterocycles. The molecule has 1 aliphatic heterocycles. The molecule has 1 atom stereocenters. The molecule has 0 aliphatic carbocycles. The first kappa shape index (κ1) is 9.73. The number of hydrogen-bond acceptors (Lipinski definition) is 1. The third-order valence-electron chi connectivity index (χ3n) is 2.81. The Morgan fingerprint density at radius 2 is 2.06 bits per heavy atom. The Hall–Kier alpha value is -1.48. The van der Waals surface area contributed by atoms with Crippen LogP contribution in [0, 0.1) is 0 Å². The molecule has 0 radical (unpaired) electrons. The average molecular weight is 275 g/mol. The first-order chi connectivity index (χ1) is 7.80. The average Bonchev–Trinajstić information content (AvgIpc) is 2.77. The number of allylic oxidation sites excluding steroid dienone is 2. The van der Waals surface area contributed by atoms with Crippen LogP contribution < -0.4 is 5.32 Å². The van der Waals surface area contributed by atoms with E-state index in [1.807, 2.05) is 24.5 Å². The van der Waals surface area contributed by atoms with Crippen LogP contribution in [-0.4, -0.2) is 4.98 Å². The summed E-state index contributed by atoms with van der Waals surface area (Å²) < 4.78 is -0.302. The summed E-state index contributed by atoms with van der Waals surface area (Å²) in [6.45, 7) is 0. The van der Waals surface area contributed by atoms with Gasteiger partial charge in [-0.3, -0.25) is 0 Å². The molecule has 2 N–H and O–H groups in total. The van der Waals surface area contributed by atoms with Crippen molar-refractivity contribution in [3.8, 4) is 0 Å². The van der Waals surface area contributed by atoms with Gasteiger partial charge in [0.25, 0.3) is 0 Å². The van der Waals surface area contributed by atoms with Gasteiger partial charge in [-0.25, -0.2) is 0 Å². The summed E-state index contributed by atoms with van der Waals surface area (Å²) in [5.41, 5.74) is 2.37. The van der Waals surface area contributed by atoms with Gasteiger partial charge in [-0.05, 0) is 30.5 Å². The summed E-state index contributed by atoms with van der Waals surface area (Å²) in [6, 6.07) is 8.37. The van der Waals surface area contributed by atoms with Crippen LogP contribution in [0.4, 0.5) is 0 Å². The number of alkyl halides is 1. The molecule has 1 aromatic heterocycles. The Labute approximate surface area is 102 Å². The first-order valence-corrected chi connectivity index (χ1v) is 5.96. The third kappa shape index (κ3) is 1.39. The number of rotatable bonds is 1. The van der Waals surface area contributed by atoms with Gasteiger partial charge in [0.15, 0.2) is 0 Å². The Morgan fingerprint density at radius 1 is 1.12 bits per heavy atom. The van der Waals surface area contributed by atoms with Crippen molar-refractivity contribution in [3.05, 3.63) is 60.5 Å². The minimum atomic E-state index is -0.302. The lowest BCUT2D eigenvalue weighted by atomic mass is 10.0. The molecule has 2 aromatic rings. The molecule has 3 heteroatoms. The molecule has 0 amide bonds. The lowest BCUT2D eigenvalue weighted by Gasteiger charge is -2.27. The topological polar surface area (TPSA) is 27.8 Å². The largest absolute Gasteiger partial charge is 0.369 e. The molecule has 3 rings (SSSR count). The van der Waals surface area contributed by atoms with E-state index < -0.39 is 0 Å². The van der Waals surface area contributed by atoms with Crippen LogP contribution in [0.2, 0.25) is 0 Å². The number of dihydropyridines is 1. The van der Waals surface area contributed by atoms with Gasteiger partial charge in [-0.2, -0.15) is 0 Å². The molecule has 16 heavy (non-hydrogen) atoms. The summed E-state index contributed by atoms with van der Waals surface area (Å²) in [5, 5.41) is 4.56. The van der Waals surface area contributed by atoms with Crippen molar-refractivity contribution in [2.75, 3.05) is 0 Å². The van der Waals surface area contributed by atoms with Crippen LogP contribution in [0.3, 0.4) is 0 Å². The third-order valence-corrected chi connectivity index (χ3v) is 3.73. The van der Waals surface area contributed by atoms with Crippen molar-refractivity contribution in [1.29, 1.82) is 0 Å². The fourth-order valence-corrected chi connectivity index (χ4v) is 2.66. The maximum atomic E-state index is 3.75. The lowest BCUT2D eigenvalue weighted by molar-refractivity contribution is 0.701. The second-order valence-electron chi connectivity index (χ2n) is 3.82. The number of aromatic amines is 1. The van der Waals surface area contributed by atoms with Gasteiger partial charge in [0.1, 0.15) is 4.45 Å². The second kappa shape index (κ2) is 3.52. The molecule has 0 spiro atoms. The van der Waals surface area contributed by atoms with Crippen LogP contribution in [0.15, 0.2) is 54.9 Å². The fourth-order valence-electron chi connectivity index (χ4n) is 2.03. The molecule has 1 aromatic carbocycles. The van der Waals surface area contributed by atoms with Crippen molar-refractivity contribution in [1.82, 2.24) is 10.3 Å². The number of benzene rings is 1. The summed E-state index contributed by atoms with van der Waals surface area (Å²) in [5.74, 6) is 0. The molecule has 1 aliphatic rings. The van der Waals surface area contributed by atoms with Crippen molar-refractivity contribution in [2.45, 2.75) is 4.45 Å².